The first-order valence-electron chi connectivity index (χ1n) is 11.0. The van der Waals surface area contributed by atoms with Crippen LogP contribution in [0.3, 0.4) is 0 Å². The van der Waals surface area contributed by atoms with Gasteiger partial charge in [0.15, 0.2) is 11.3 Å². The van der Waals surface area contributed by atoms with Crippen LogP contribution in [0.5, 0.6) is 5.75 Å². The number of methoxy groups -OCH3 is 1. The Morgan fingerprint density at radius 2 is 1.94 bits per heavy atom. The Hall–Kier alpha value is -2.41. The highest BCUT2D eigenvalue weighted by Crippen LogP contribution is 2.39. The first kappa shape index (κ1) is 21.8. The van der Waals surface area contributed by atoms with Gasteiger partial charge >= 0.3 is 5.97 Å². The third kappa shape index (κ3) is 4.47. The maximum Gasteiger partial charge on any atom is 0.359 e. The molecular weight excluding hydrogens is 458 g/mol. The van der Waals surface area contributed by atoms with E-state index in [4.69, 9.17) is 9.47 Å². The van der Waals surface area contributed by atoms with Gasteiger partial charge in [-0.1, -0.05) is 44.7 Å². The summed E-state index contributed by atoms with van der Waals surface area (Å²) in [6.07, 6.45) is 9.94. The van der Waals surface area contributed by atoms with E-state index in [1.807, 2.05) is 22.8 Å². The van der Waals surface area contributed by atoms with Crippen molar-refractivity contribution in [2.75, 3.05) is 13.7 Å². The first-order chi connectivity index (χ1) is 15.1. The highest BCUT2D eigenvalue weighted by atomic mass is 79.9. The number of nitrogens with zero attached hydrogens (tertiary/aromatic N) is 3. The summed E-state index contributed by atoms with van der Waals surface area (Å²) in [6, 6.07) is 8.18. The molecule has 0 radical (unpaired) electrons. The van der Waals surface area contributed by atoms with Gasteiger partial charge in [-0.2, -0.15) is 5.10 Å². The Labute approximate surface area is 191 Å². The zero-order valence-electron chi connectivity index (χ0n) is 18.1. The van der Waals surface area contributed by atoms with E-state index in [0.717, 1.165) is 54.9 Å². The van der Waals surface area contributed by atoms with Crippen LogP contribution >= 0.6 is 15.9 Å². The normalized spacial score (nSPS) is 14.7. The third-order valence-electron chi connectivity index (χ3n) is 5.93. The predicted octanol–water partition coefficient (Wildman–Crippen LogP) is 6.17. The average molecular weight is 486 g/mol. The summed E-state index contributed by atoms with van der Waals surface area (Å²) in [7, 11) is 1.36. The molecule has 4 rings (SSSR count). The van der Waals surface area contributed by atoms with Crippen LogP contribution in [0.25, 0.3) is 16.8 Å². The van der Waals surface area contributed by atoms with E-state index in [2.05, 4.69) is 45.1 Å². The number of hydrogen-bond donors (Lipinski definition) is 0. The molecule has 2 heterocycles. The van der Waals surface area contributed by atoms with Crippen molar-refractivity contribution in [3.8, 4) is 16.9 Å². The van der Waals surface area contributed by atoms with Crippen molar-refractivity contribution in [2.24, 2.45) is 0 Å². The van der Waals surface area contributed by atoms with Crippen LogP contribution in [0.1, 0.15) is 74.0 Å². The summed E-state index contributed by atoms with van der Waals surface area (Å²) in [6.45, 7) is 2.88. The second-order valence-electron chi connectivity index (χ2n) is 8.01. The van der Waals surface area contributed by atoms with E-state index in [1.165, 1.54) is 26.4 Å². The SMILES string of the molecule is CCCCOc1ccc(-c2cnc3c(Br)c(C(=O)OC)nn3c2C2CCCCC2)cc1. The molecule has 2 aromatic heterocycles. The number of hydrogen-bond acceptors (Lipinski definition) is 5. The molecule has 0 bridgehead atoms. The molecule has 31 heavy (non-hydrogen) atoms. The molecule has 6 nitrogen and oxygen atoms in total. The van der Waals surface area contributed by atoms with Crippen molar-refractivity contribution in [3.05, 3.63) is 46.3 Å². The van der Waals surface area contributed by atoms with Crippen molar-refractivity contribution >= 4 is 27.5 Å². The molecule has 1 saturated carbocycles. The zero-order valence-corrected chi connectivity index (χ0v) is 19.7. The van der Waals surface area contributed by atoms with Crippen LogP contribution in [-0.4, -0.2) is 34.3 Å². The first-order valence-corrected chi connectivity index (χ1v) is 11.8. The molecule has 1 fully saturated rings. The number of carbonyl (C=O) groups excluding carboxylic acids is 1. The fourth-order valence-corrected chi connectivity index (χ4v) is 4.77. The van der Waals surface area contributed by atoms with E-state index in [1.54, 1.807) is 0 Å². The summed E-state index contributed by atoms with van der Waals surface area (Å²) < 4.78 is 13.1. The molecule has 0 spiro atoms. The minimum absolute atomic E-state index is 0.254. The Morgan fingerprint density at radius 3 is 2.61 bits per heavy atom. The molecule has 3 aromatic rings. The van der Waals surface area contributed by atoms with E-state index in [9.17, 15) is 4.79 Å². The van der Waals surface area contributed by atoms with Crippen LogP contribution in [0.4, 0.5) is 0 Å². The number of carbonyl (C=O) groups is 1. The summed E-state index contributed by atoms with van der Waals surface area (Å²) in [5.74, 6) is 0.773. The van der Waals surface area contributed by atoms with Crippen LogP contribution < -0.4 is 4.74 Å². The largest absolute Gasteiger partial charge is 0.494 e. The molecule has 0 unspecified atom stereocenters. The van der Waals surface area contributed by atoms with E-state index < -0.39 is 5.97 Å². The highest BCUT2D eigenvalue weighted by molar-refractivity contribution is 9.10. The van der Waals surface area contributed by atoms with Gasteiger partial charge < -0.3 is 9.47 Å². The van der Waals surface area contributed by atoms with Crippen molar-refractivity contribution in [2.45, 2.75) is 57.8 Å². The number of halogens is 1. The Bertz CT molecular complexity index is 1060. The maximum absolute atomic E-state index is 12.2. The molecule has 1 aliphatic rings. The Morgan fingerprint density at radius 1 is 1.19 bits per heavy atom. The Balaban J connectivity index is 1.79. The number of aromatic nitrogens is 3. The molecular formula is C24H28BrN3O3. The highest BCUT2D eigenvalue weighted by Gasteiger charge is 2.27. The van der Waals surface area contributed by atoms with Gasteiger partial charge in [0.1, 0.15) is 5.75 Å². The summed E-state index contributed by atoms with van der Waals surface area (Å²) in [4.78, 5) is 16.9. The lowest BCUT2D eigenvalue weighted by Gasteiger charge is -2.25. The van der Waals surface area contributed by atoms with Gasteiger partial charge in [0, 0.05) is 17.7 Å². The van der Waals surface area contributed by atoms with Crippen LogP contribution in [0.2, 0.25) is 0 Å². The molecule has 0 amide bonds. The quantitative estimate of drug-likeness (QED) is 0.295. The number of ether oxygens (including phenoxy) is 2. The molecule has 0 aliphatic heterocycles. The van der Waals surface area contributed by atoms with Crippen LogP contribution in [0.15, 0.2) is 34.9 Å². The second kappa shape index (κ2) is 9.81. The molecule has 7 heteroatoms. The van der Waals surface area contributed by atoms with Crippen molar-refractivity contribution < 1.29 is 14.3 Å². The molecule has 164 valence electrons. The topological polar surface area (TPSA) is 65.7 Å². The summed E-state index contributed by atoms with van der Waals surface area (Å²) in [5.41, 5.74) is 4.13. The molecule has 1 aliphatic carbocycles. The van der Waals surface area contributed by atoms with Gasteiger partial charge in [0.25, 0.3) is 0 Å². The Kier molecular flexibility index (Phi) is 6.90. The van der Waals surface area contributed by atoms with Gasteiger partial charge in [0.05, 0.1) is 23.9 Å². The van der Waals surface area contributed by atoms with E-state index >= 15 is 0 Å². The number of fused-ring (bicyclic) bond motifs is 1. The number of benzene rings is 1. The number of unbranched alkanes of at least 4 members (excludes halogenated alkanes) is 1. The van der Waals surface area contributed by atoms with Crippen LogP contribution in [-0.2, 0) is 4.74 Å². The minimum Gasteiger partial charge on any atom is -0.494 e. The average Bonchev–Trinajstić information content (AvgIpc) is 3.15. The lowest BCUT2D eigenvalue weighted by Crippen LogP contribution is -2.13. The molecule has 1 aromatic carbocycles. The number of rotatable bonds is 7. The lowest BCUT2D eigenvalue weighted by molar-refractivity contribution is 0.0592. The van der Waals surface area contributed by atoms with Crippen molar-refractivity contribution in [1.82, 2.24) is 14.6 Å². The minimum atomic E-state index is -0.470. The molecule has 0 atom stereocenters. The van der Waals surface area contributed by atoms with Crippen molar-refractivity contribution in [3.63, 3.8) is 0 Å². The summed E-state index contributed by atoms with van der Waals surface area (Å²) >= 11 is 3.51. The van der Waals surface area contributed by atoms with Crippen molar-refractivity contribution in [1.29, 1.82) is 0 Å². The number of esters is 1. The van der Waals surface area contributed by atoms with Gasteiger partial charge in [-0.25, -0.2) is 14.3 Å². The second-order valence-corrected chi connectivity index (χ2v) is 8.80. The van der Waals surface area contributed by atoms with Gasteiger partial charge in [-0.05, 0) is 52.9 Å². The lowest BCUT2D eigenvalue weighted by atomic mass is 9.84. The van der Waals surface area contributed by atoms with E-state index in [-0.39, 0.29) is 5.69 Å². The molecule has 0 saturated heterocycles. The van der Waals surface area contributed by atoms with Gasteiger partial charge in [0.2, 0.25) is 0 Å². The standard InChI is InChI=1S/C24H28BrN3O3/c1-3-4-14-31-18-12-10-16(11-13-18)19-15-26-23-20(25)21(24(29)30-2)27-28(23)22(19)17-8-6-5-7-9-17/h10-13,15,17H,3-9,14H2,1-2H3. The fourth-order valence-electron chi connectivity index (χ4n) is 4.26. The monoisotopic (exact) mass is 485 g/mol. The van der Waals surface area contributed by atoms with Gasteiger partial charge in [-0.3, -0.25) is 0 Å². The smallest absolute Gasteiger partial charge is 0.359 e. The van der Waals surface area contributed by atoms with Crippen LogP contribution in [0, 0.1) is 0 Å². The maximum atomic E-state index is 12.2. The fraction of sp³-hybridized carbons (Fsp3) is 0.458. The van der Waals surface area contributed by atoms with E-state index in [0.29, 0.717) is 16.0 Å². The zero-order chi connectivity index (χ0) is 21.8. The molecule has 0 N–H and O–H groups in total. The predicted molar refractivity (Wildman–Crippen MR) is 124 cm³/mol. The summed E-state index contributed by atoms with van der Waals surface area (Å²) in [5, 5.41) is 4.62. The third-order valence-corrected chi connectivity index (χ3v) is 6.66. The van der Waals surface area contributed by atoms with Gasteiger partial charge in [-0.15, -0.1) is 0 Å².